The third-order valence-corrected chi connectivity index (χ3v) is 3.20. The first-order chi connectivity index (χ1) is 7.63. The largest absolute Gasteiger partial charge is 0.469 e. The van der Waals surface area contributed by atoms with Crippen LogP contribution in [0.4, 0.5) is 0 Å². The Morgan fingerprint density at radius 3 is 2.69 bits per heavy atom. The summed E-state index contributed by atoms with van der Waals surface area (Å²) in [6, 6.07) is 3.60. The summed E-state index contributed by atoms with van der Waals surface area (Å²) >= 11 is 3.40. The Bertz CT molecular complexity index is 430. The van der Waals surface area contributed by atoms with Crippen LogP contribution in [0.1, 0.15) is 18.4 Å². The van der Waals surface area contributed by atoms with Gasteiger partial charge in [0.05, 0.1) is 13.0 Å². The molecule has 1 aliphatic rings. The minimum absolute atomic E-state index is 0.220. The summed E-state index contributed by atoms with van der Waals surface area (Å²) in [5, 5.41) is 0. The second-order valence-corrected chi connectivity index (χ2v) is 4.33. The number of rotatable bonds is 2. The Hall–Kier alpha value is -1.23. The monoisotopic (exact) mass is 286 g/mol. The van der Waals surface area contributed by atoms with Crippen molar-refractivity contribution in [3.8, 4) is 11.5 Å². The Labute approximate surface area is 102 Å². The maximum atomic E-state index is 11.4. The summed E-state index contributed by atoms with van der Waals surface area (Å²) in [4.78, 5) is 11.4. The van der Waals surface area contributed by atoms with E-state index < -0.39 is 0 Å². The predicted molar refractivity (Wildman–Crippen MR) is 60.7 cm³/mol. The van der Waals surface area contributed by atoms with E-state index in [-0.39, 0.29) is 18.7 Å². The number of hydrogen-bond acceptors (Lipinski definition) is 4. The molecule has 0 radical (unpaired) electrons. The fraction of sp³-hybridized carbons (Fsp3) is 0.364. The van der Waals surface area contributed by atoms with Crippen LogP contribution >= 0.6 is 15.9 Å². The number of fused-ring (bicyclic) bond motifs is 1. The maximum absolute atomic E-state index is 11.4. The lowest BCUT2D eigenvalue weighted by Gasteiger charge is -2.12. The molecule has 0 saturated heterocycles. The maximum Gasteiger partial charge on any atom is 0.312 e. The number of carbonyl (C=O) groups excluding carboxylic acids is 1. The van der Waals surface area contributed by atoms with Crippen LogP contribution in [0.15, 0.2) is 16.6 Å². The summed E-state index contributed by atoms with van der Waals surface area (Å²) in [6.07, 6.45) is 0. The van der Waals surface area contributed by atoms with Crippen molar-refractivity contribution in [2.75, 3.05) is 13.9 Å². The molecule has 0 aliphatic carbocycles. The van der Waals surface area contributed by atoms with Crippen molar-refractivity contribution in [3.05, 3.63) is 22.2 Å². The summed E-state index contributed by atoms with van der Waals surface area (Å²) in [7, 11) is 1.37. The third kappa shape index (κ3) is 1.87. The van der Waals surface area contributed by atoms with Crippen molar-refractivity contribution in [1.82, 2.24) is 0 Å². The SMILES string of the molecule is COC(=O)C(C)c1cc2c(cc1Br)OCO2. The Balaban J connectivity index is 2.38. The first-order valence-corrected chi connectivity index (χ1v) is 5.59. The van der Waals surface area contributed by atoms with Crippen molar-refractivity contribution < 1.29 is 19.0 Å². The van der Waals surface area contributed by atoms with Crippen molar-refractivity contribution >= 4 is 21.9 Å². The zero-order chi connectivity index (χ0) is 11.7. The minimum Gasteiger partial charge on any atom is -0.469 e. The van der Waals surface area contributed by atoms with Gasteiger partial charge in [0.2, 0.25) is 6.79 Å². The summed E-state index contributed by atoms with van der Waals surface area (Å²) < 4.78 is 16.0. The molecule has 86 valence electrons. The molecule has 1 heterocycles. The first kappa shape index (κ1) is 11.3. The Kier molecular flexibility index (Phi) is 3.05. The molecule has 16 heavy (non-hydrogen) atoms. The van der Waals surface area contributed by atoms with Crippen LogP contribution in [-0.2, 0) is 9.53 Å². The molecule has 1 unspecified atom stereocenters. The van der Waals surface area contributed by atoms with Gasteiger partial charge in [-0.05, 0) is 24.6 Å². The molecule has 5 heteroatoms. The number of esters is 1. The lowest BCUT2D eigenvalue weighted by molar-refractivity contribution is -0.142. The van der Waals surface area contributed by atoms with Crippen LogP contribution in [0.25, 0.3) is 0 Å². The van der Waals surface area contributed by atoms with Crippen molar-refractivity contribution in [3.63, 3.8) is 0 Å². The van der Waals surface area contributed by atoms with E-state index in [1.165, 1.54) is 7.11 Å². The van der Waals surface area contributed by atoms with Gasteiger partial charge in [-0.25, -0.2) is 0 Å². The molecule has 0 fully saturated rings. The molecule has 0 amide bonds. The molecule has 0 aromatic heterocycles. The second kappa shape index (κ2) is 4.33. The summed E-state index contributed by atoms with van der Waals surface area (Å²) in [5.41, 5.74) is 0.830. The van der Waals surface area contributed by atoms with Gasteiger partial charge in [-0.1, -0.05) is 15.9 Å². The molecule has 0 saturated carbocycles. The molecule has 1 aromatic rings. The lowest BCUT2D eigenvalue weighted by atomic mass is 10.0. The number of hydrogen-bond donors (Lipinski definition) is 0. The molecule has 0 bridgehead atoms. The highest BCUT2D eigenvalue weighted by atomic mass is 79.9. The lowest BCUT2D eigenvalue weighted by Crippen LogP contribution is -2.11. The molecule has 4 nitrogen and oxygen atoms in total. The third-order valence-electron chi connectivity index (χ3n) is 2.51. The van der Waals surface area contributed by atoms with Gasteiger partial charge >= 0.3 is 5.97 Å². The zero-order valence-corrected chi connectivity index (χ0v) is 10.5. The van der Waals surface area contributed by atoms with Crippen molar-refractivity contribution in [2.24, 2.45) is 0 Å². The summed E-state index contributed by atoms with van der Waals surface area (Å²) in [6.45, 7) is 2.01. The van der Waals surface area contributed by atoms with Crippen LogP contribution in [0.5, 0.6) is 11.5 Å². The number of halogens is 1. The van der Waals surface area contributed by atoms with Gasteiger partial charge < -0.3 is 14.2 Å². The number of ether oxygens (including phenoxy) is 3. The van der Waals surface area contributed by atoms with Crippen LogP contribution in [0, 0.1) is 0 Å². The van der Waals surface area contributed by atoms with Crippen molar-refractivity contribution in [1.29, 1.82) is 0 Å². The van der Waals surface area contributed by atoms with Crippen LogP contribution in [-0.4, -0.2) is 19.9 Å². The molecule has 1 atom stereocenters. The van der Waals surface area contributed by atoms with E-state index >= 15 is 0 Å². The molecule has 1 aliphatic heterocycles. The number of benzene rings is 1. The number of methoxy groups -OCH3 is 1. The second-order valence-electron chi connectivity index (χ2n) is 3.47. The Morgan fingerprint density at radius 1 is 1.44 bits per heavy atom. The Morgan fingerprint density at radius 2 is 2.06 bits per heavy atom. The standard InChI is InChI=1S/C11H11BrO4/c1-6(11(13)14-2)7-3-9-10(4-8(7)12)16-5-15-9/h3-4,6H,5H2,1-2H3. The molecule has 1 aromatic carbocycles. The van der Waals surface area contributed by atoms with Gasteiger partial charge in [-0.2, -0.15) is 0 Å². The van der Waals surface area contributed by atoms with E-state index in [0.29, 0.717) is 11.5 Å². The fourth-order valence-corrected chi connectivity index (χ4v) is 2.23. The van der Waals surface area contributed by atoms with E-state index in [1.54, 1.807) is 19.1 Å². The smallest absolute Gasteiger partial charge is 0.312 e. The molecule has 2 rings (SSSR count). The fourth-order valence-electron chi connectivity index (χ4n) is 1.57. The average molecular weight is 287 g/mol. The van der Waals surface area contributed by atoms with E-state index in [4.69, 9.17) is 14.2 Å². The number of carbonyl (C=O) groups is 1. The van der Waals surface area contributed by atoms with Gasteiger partial charge in [-0.15, -0.1) is 0 Å². The highest BCUT2D eigenvalue weighted by Crippen LogP contribution is 2.39. The van der Waals surface area contributed by atoms with Gasteiger partial charge in [0.15, 0.2) is 11.5 Å². The molecular formula is C11H11BrO4. The van der Waals surface area contributed by atoms with Gasteiger partial charge in [-0.3, -0.25) is 4.79 Å². The zero-order valence-electron chi connectivity index (χ0n) is 8.95. The van der Waals surface area contributed by atoms with Crippen LogP contribution < -0.4 is 9.47 Å². The predicted octanol–water partition coefficient (Wildman–Crippen LogP) is 2.45. The first-order valence-electron chi connectivity index (χ1n) is 4.80. The highest BCUT2D eigenvalue weighted by molar-refractivity contribution is 9.10. The average Bonchev–Trinajstić information content (AvgIpc) is 2.72. The minimum atomic E-state index is -0.339. The normalized spacial score (nSPS) is 14.7. The van der Waals surface area contributed by atoms with E-state index in [0.717, 1.165) is 10.0 Å². The van der Waals surface area contributed by atoms with E-state index in [2.05, 4.69) is 15.9 Å². The van der Waals surface area contributed by atoms with Crippen LogP contribution in [0.3, 0.4) is 0 Å². The molecular weight excluding hydrogens is 276 g/mol. The molecule has 0 spiro atoms. The highest BCUT2D eigenvalue weighted by Gasteiger charge is 2.23. The quantitative estimate of drug-likeness (QED) is 0.784. The summed E-state index contributed by atoms with van der Waals surface area (Å²) in [5.74, 6) is 0.732. The van der Waals surface area contributed by atoms with E-state index in [9.17, 15) is 4.79 Å². The van der Waals surface area contributed by atoms with Crippen molar-refractivity contribution in [2.45, 2.75) is 12.8 Å². The van der Waals surface area contributed by atoms with E-state index in [1.807, 2.05) is 0 Å². The topological polar surface area (TPSA) is 44.8 Å². The van der Waals surface area contributed by atoms with Gasteiger partial charge in [0.1, 0.15) is 0 Å². The van der Waals surface area contributed by atoms with Gasteiger partial charge in [0, 0.05) is 4.47 Å². The van der Waals surface area contributed by atoms with Gasteiger partial charge in [0.25, 0.3) is 0 Å². The molecule has 0 N–H and O–H groups in total. The van der Waals surface area contributed by atoms with Crippen LogP contribution in [0.2, 0.25) is 0 Å².